The summed E-state index contributed by atoms with van der Waals surface area (Å²) in [5.41, 5.74) is 4.84. The van der Waals surface area contributed by atoms with Crippen LogP contribution in [0.15, 0.2) is 42.5 Å². The Bertz CT molecular complexity index is 825. The standard InChI is InChI=1S/C16H14ClN3O5/c1-10-3-2-4-12(7-10)25-9-15(21)18-19-16(22)13-8-11(20(23)24)5-6-14(13)17/h2-8H,9H2,1H3,(H,18,21)(H,19,22). The van der Waals surface area contributed by atoms with Crippen LogP contribution in [0.25, 0.3) is 0 Å². The van der Waals surface area contributed by atoms with Gasteiger partial charge in [-0.15, -0.1) is 0 Å². The number of hydrogen-bond donors (Lipinski definition) is 2. The highest BCUT2D eigenvalue weighted by Crippen LogP contribution is 2.21. The molecule has 0 aliphatic rings. The number of nitrogens with one attached hydrogen (secondary N) is 2. The van der Waals surface area contributed by atoms with Crippen molar-refractivity contribution in [3.05, 3.63) is 68.7 Å². The summed E-state index contributed by atoms with van der Waals surface area (Å²) in [7, 11) is 0. The molecule has 0 saturated heterocycles. The molecule has 2 rings (SSSR count). The van der Waals surface area contributed by atoms with E-state index >= 15 is 0 Å². The van der Waals surface area contributed by atoms with E-state index in [4.69, 9.17) is 16.3 Å². The second-order valence-electron chi connectivity index (χ2n) is 5.03. The number of rotatable bonds is 5. The van der Waals surface area contributed by atoms with Gasteiger partial charge >= 0.3 is 0 Å². The molecule has 0 atom stereocenters. The van der Waals surface area contributed by atoms with Crippen LogP contribution >= 0.6 is 11.6 Å². The largest absolute Gasteiger partial charge is 0.484 e. The van der Waals surface area contributed by atoms with Gasteiger partial charge in [-0.25, -0.2) is 0 Å². The predicted molar refractivity (Wildman–Crippen MR) is 90.4 cm³/mol. The molecule has 0 spiro atoms. The molecule has 2 aromatic rings. The molecule has 2 N–H and O–H groups in total. The van der Waals surface area contributed by atoms with Gasteiger partial charge in [0.15, 0.2) is 6.61 Å². The number of carbonyl (C=O) groups excluding carboxylic acids is 2. The summed E-state index contributed by atoms with van der Waals surface area (Å²) >= 11 is 5.85. The van der Waals surface area contributed by atoms with Gasteiger partial charge in [-0.2, -0.15) is 0 Å². The number of benzene rings is 2. The van der Waals surface area contributed by atoms with E-state index < -0.39 is 16.7 Å². The Morgan fingerprint density at radius 1 is 1.20 bits per heavy atom. The highest BCUT2D eigenvalue weighted by molar-refractivity contribution is 6.34. The van der Waals surface area contributed by atoms with Crippen molar-refractivity contribution < 1.29 is 19.2 Å². The van der Waals surface area contributed by atoms with E-state index in [1.165, 1.54) is 12.1 Å². The molecule has 25 heavy (non-hydrogen) atoms. The zero-order valence-electron chi connectivity index (χ0n) is 13.1. The molecule has 2 aromatic carbocycles. The van der Waals surface area contributed by atoms with Crippen molar-refractivity contribution in [3.63, 3.8) is 0 Å². The van der Waals surface area contributed by atoms with Crippen LogP contribution < -0.4 is 15.6 Å². The summed E-state index contributed by atoms with van der Waals surface area (Å²) in [6.07, 6.45) is 0. The zero-order valence-corrected chi connectivity index (χ0v) is 13.9. The van der Waals surface area contributed by atoms with E-state index in [-0.39, 0.29) is 22.9 Å². The summed E-state index contributed by atoms with van der Waals surface area (Å²) < 4.78 is 5.28. The van der Waals surface area contributed by atoms with E-state index in [1.807, 2.05) is 13.0 Å². The molecule has 130 valence electrons. The quantitative estimate of drug-likeness (QED) is 0.626. The fourth-order valence-electron chi connectivity index (χ4n) is 1.88. The van der Waals surface area contributed by atoms with E-state index in [1.54, 1.807) is 18.2 Å². The fraction of sp³-hybridized carbons (Fsp3) is 0.125. The van der Waals surface area contributed by atoms with Crippen molar-refractivity contribution in [2.75, 3.05) is 6.61 Å². The van der Waals surface area contributed by atoms with Crippen molar-refractivity contribution in [2.45, 2.75) is 6.92 Å². The molecular formula is C16H14ClN3O5. The van der Waals surface area contributed by atoms with Crippen LogP contribution in [0.4, 0.5) is 5.69 Å². The third-order valence-electron chi connectivity index (χ3n) is 3.08. The number of hydrogen-bond acceptors (Lipinski definition) is 5. The zero-order chi connectivity index (χ0) is 18.4. The maximum atomic E-state index is 12.0. The molecule has 0 heterocycles. The van der Waals surface area contributed by atoms with Gasteiger partial charge in [0.2, 0.25) is 0 Å². The summed E-state index contributed by atoms with van der Waals surface area (Å²) in [5, 5.41) is 10.8. The lowest BCUT2D eigenvalue weighted by Gasteiger charge is -2.10. The Kier molecular flexibility index (Phi) is 5.91. The van der Waals surface area contributed by atoms with Crippen molar-refractivity contribution >= 4 is 29.1 Å². The molecule has 8 nitrogen and oxygen atoms in total. The molecule has 0 bridgehead atoms. The molecule has 0 fully saturated rings. The third kappa shape index (κ3) is 5.18. The second kappa shape index (κ2) is 8.11. The minimum absolute atomic E-state index is 0.0216. The Hall–Kier alpha value is -3.13. The van der Waals surface area contributed by atoms with E-state index in [9.17, 15) is 19.7 Å². The number of carbonyl (C=O) groups is 2. The monoisotopic (exact) mass is 363 g/mol. The Morgan fingerprint density at radius 2 is 1.96 bits per heavy atom. The molecule has 0 aromatic heterocycles. The smallest absolute Gasteiger partial charge is 0.276 e. The minimum atomic E-state index is -0.780. The first-order valence-electron chi connectivity index (χ1n) is 7.09. The number of ether oxygens (including phenoxy) is 1. The van der Waals surface area contributed by atoms with Crippen LogP contribution in [0.1, 0.15) is 15.9 Å². The Balaban J connectivity index is 1.90. The molecule has 0 aliphatic carbocycles. The van der Waals surface area contributed by atoms with Crippen LogP contribution in [0.3, 0.4) is 0 Å². The number of nitro benzene ring substituents is 1. The topological polar surface area (TPSA) is 111 Å². The highest BCUT2D eigenvalue weighted by Gasteiger charge is 2.16. The van der Waals surface area contributed by atoms with Crippen LogP contribution in [-0.2, 0) is 4.79 Å². The van der Waals surface area contributed by atoms with Crippen molar-refractivity contribution in [2.24, 2.45) is 0 Å². The van der Waals surface area contributed by atoms with E-state index in [2.05, 4.69) is 10.9 Å². The number of nitro groups is 1. The van der Waals surface area contributed by atoms with Gasteiger partial charge in [0.25, 0.3) is 17.5 Å². The lowest BCUT2D eigenvalue weighted by molar-refractivity contribution is -0.384. The number of nitrogens with zero attached hydrogens (tertiary/aromatic N) is 1. The number of halogens is 1. The molecule has 0 saturated carbocycles. The van der Waals surface area contributed by atoms with Crippen LogP contribution in [-0.4, -0.2) is 23.3 Å². The van der Waals surface area contributed by atoms with E-state index in [0.717, 1.165) is 11.6 Å². The van der Waals surface area contributed by atoms with Crippen molar-refractivity contribution in [1.29, 1.82) is 0 Å². The predicted octanol–water partition coefficient (Wildman–Crippen LogP) is 2.40. The van der Waals surface area contributed by atoms with Gasteiger partial charge in [0, 0.05) is 12.1 Å². The molecule has 0 aliphatic heterocycles. The third-order valence-corrected chi connectivity index (χ3v) is 3.41. The summed E-state index contributed by atoms with van der Waals surface area (Å²) in [6, 6.07) is 10.6. The number of aryl methyl sites for hydroxylation is 1. The average molecular weight is 364 g/mol. The minimum Gasteiger partial charge on any atom is -0.484 e. The lowest BCUT2D eigenvalue weighted by Crippen LogP contribution is -2.43. The van der Waals surface area contributed by atoms with Gasteiger partial charge in [0.05, 0.1) is 15.5 Å². The van der Waals surface area contributed by atoms with Crippen molar-refractivity contribution in [3.8, 4) is 5.75 Å². The number of hydrazine groups is 1. The Labute approximate surface area is 147 Å². The van der Waals surface area contributed by atoms with Gasteiger partial charge in [-0.3, -0.25) is 30.6 Å². The maximum Gasteiger partial charge on any atom is 0.276 e. The fourth-order valence-corrected chi connectivity index (χ4v) is 2.09. The molecule has 0 unspecified atom stereocenters. The summed E-state index contributed by atoms with van der Waals surface area (Å²) in [5.74, 6) is -0.864. The van der Waals surface area contributed by atoms with Crippen LogP contribution in [0.2, 0.25) is 5.02 Å². The van der Waals surface area contributed by atoms with Gasteiger partial charge < -0.3 is 4.74 Å². The van der Waals surface area contributed by atoms with Crippen LogP contribution in [0, 0.1) is 17.0 Å². The first-order chi connectivity index (χ1) is 11.9. The van der Waals surface area contributed by atoms with Gasteiger partial charge in [-0.05, 0) is 30.7 Å². The average Bonchev–Trinajstić information content (AvgIpc) is 2.58. The Morgan fingerprint density at radius 3 is 2.64 bits per heavy atom. The first-order valence-corrected chi connectivity index (χ1v) is 7.47. The summed E-state index contributed by atoms with van der Waals surface area (Å²) in [6.45, 7) is 1.57. The SMILES string of the molecule is Cc1cccc(OCC(=O)NNC(=O)c2cc([N+](=O)[O-])ccc2Cl)c1. The van der Waals surface area contributed by atoms with Gasteiger partial charge in [0.1, 0.15) is 5.75 Å². The summed E-state index contributed by atoms with van der Waals surface area (Å²) in [4.78, 5) is 33.8. The molecule has 9 heteroatoms. The second-order valence-corrected chi connectivity index (χ2v) is 5.44. The molecular weight excluding hydrogens is 350 g/mol. The first kappa shape index (κ1) is 18.2. The molecule has 2 amide bonds. The van der Waals surface area contributed by atoms with Gasteiger partial charge in [-0.1, -0.05) is 23.7 Å². The van der Waals surface area contributed by atoms with E-state index in [0.29, 0.717) is 5.75 Å². The van der Waals surface area contributed by atoms with Crippen molar-refractivity contribution in [1.82, 2.24) is 10.9 Å². The lowest BCUT2D eigenvalue weighted by atomic mass is 10.2. The number of non-ortho nitro benzene ring substituents is 1. The number of amides is 2. The maximum absolute atomic E-state index is 12.0. The normalized spacial score (nSPS) is 10.0. The van der Waals surface area contributed by atoms with Crippen LogP contribution in [0.5, 0.6) is 5.75 Å². The molecule has 0 radical (unpaired) electrons. The highest BCUT2D eigenvalue weighted by atomic mass is 35.5.